The molecule has 5 nitrogen and oxygen atoms in total. The number of thiophene rings is 1. The average molecular weight is 490 g/mol. The molecule has 0 aliphatic heterocycles. The van der Waals surface area contributed by atoms with Gasteiger partial charge in [-0.05, 0) is 76.5 Å². The van der Waals surface area contributed by atoms with E-state index in [1.807, 2.05) is 42.6 Å². The summed E-state index contributed by atoms with van der Waals surface area (Å²) in [6, 6.07) is 17.6. The normalized spacial score (nSPS) is 11.5. The number of carbonyl (C=O) groups is 1. The third kappa shape index (κ3) is 4.11. The number of nitrogens with zero attached hydrogens (tertiary/aromatic N) is 1. The highest BCUT2D eigenvalue weighted by Crippen LogP contribution is 2.36. The lowest BCUT2D eigenvalue weighted by Crippen LogP contribution is -2.01. The average Bonchev–Trinajstić information content (AvgIpc) is 3.30. The van der Waals surface area contributed by atoms with Gasteiger partial charge in [0.25, 0.3) is 0 Å². The maximum atomic E-state index is 11.6. The lowest BCUT2D eigenvalue weighted by molar-refractivity contribution is -0.136. The Hall–Kier alpha value is -3.48. The standard InChI is InChI=1S/C27H24ClN3O2S/c1-2-25-23(22-11-18(28)4-6-26(22)34-25)14-31-13-17(10-27(32)33)21-5-3-15(9-24(21)31)16-7-19(29)12-20(30)8-16/h3-9,11-13H,2,10,14,29-30H2,1H3,(H,32,33). The predicted octanol–water partition coefficient (Wildman–Crippen LogP) is 6.58. The number of rotatable bonds is 6. The molecule has 0 unspecified atom stereocenters. The molecule has 0 aliphatic rings. The molecule has 172 valence electrons. The third-order valence-electron chi connectivity index (χ3n) is 6.10. The van der Waals surface area contributed by atoms with Gasteiger partial charge in [0.1, 0.15) is 0 Å². The van der Waals surface area contributed by atoms with Crippen molar-refractivity contribution >= 4 is 61.3 Å². The van der Waals surface area contributed by atoms with E-state index in [1.165, 1.54) is 15.1 Å². The molecule has 0 fully saturated rings. The molecule has 3 aromatic carbocycles. The molecule has 34 heavy (non-hydrogen) atoms. The lowest BCUT2D eigenvalue weighted by Gasteiger charge is -2.10. The van der Waals surface area contributed by atoms with Crippen LogP contribution >= 0.6 is 22.9 Å². The van der Waals surface area contributed by atoms with Crippen LogP contribution in [0.1, 0.15) is 22.9 Å². The molecule has 0 saturated carbocycles. The summed E-state index contributed by atoms with van der Waals surface area (Å²) in [6.07, 6.45) is 2.84. The molecular weight excluding hydrogens is 466 g/mol. The van der Waals surface area contributed by atoms with Gasteiger partial charge in [0, 0.05) is 49.6 Å². The summed E-state index contributed by atoms with van der Waals surface area (Å²) in [7, 11) is 0. The summed E-state index contributed by atoms with van der Waals surface area (Å²) in [5.74, 6) is -0.853. The molecule has 5 aromatic rings. The Morgan fingerprint density at radius 3 is 2.47 bits per heavy atom. The molecule has 2 heterocycles. The summed E-state index contributed by atoms with van der Waals surface area (Å²) < 4.78 is 3.35. The summed E-state index contributed by atoms with van der Waals surface area (Å²) in [5.41, 5.74) is 18.1. The molecule has 0 radical (unpaired) electrons. The van der Waals surface area contributed by atoms with Crippen LogP contribution in [0.3, 0.4) is 0 Å². The molecule has 7 heteroatoms. The summed E-state index contributed by atoms with van der Waals surface area (Å²) in [5, 5.41) is 12.3. The van der Waals surface area contributed by atoms with E-state index < -0.39 is 5.97 Å². The van der Waals surface area contributed by atoms with Crippen molar-refractivity contribution in [2.24, 2.45) is 0 Å². The van der Waals surface area contributed by atoms with Gasteiger partial charge in [0.15, 0.2) is 0 Å². The van der Waals surface area contributed by atoms with Gasteiger partial charge in [-0.2, -0.15) is 0 Å². The first-order chi connectivity index (χ1) is 16.3. The number of benzene rings is 3. The van der Waals surface area contributed by atoms with Crippen molar-refractivity contribution < 1.29 is 9.90 Å². The van der Waals surface area contributed by atoms with Gasteiger partial charge in [0.05, 0.1) is 6.42 Å². The highest BCUT2D eigenvalue weighted by Gasteiger charge is 2.17. The Morgan fingerprint density at radius 2 is 1.76 bits per heavy atom. The SMILES string of the molecule is CCc1sc2ccc(Cl)cc2c1Cn1cc(CC(=O)O)c2ccc(-c3cc(N)cc(N)c3)cc21. The van der Waals surface area contributed by atoms with Crippen LogP contribution in [0.25, 0.3) is 32.1 Å². The number of fused-ring (bicyclic) bond motifs is 2. The zero-order valence-electron chi connectivity index (χ0n) is 18.6. The van der Waals surface area contributed by atoms with E-state index in [1.54, 1.807) is 17.4 Å². The minimum atomic E-state index is -0.853. The fourth-order valence-corrected chi connectivity index (χ4v) is 5.93. The van der Waals surface area contributed by atoms with Gasteiger partial charge in [-0.15, -0.1) is 11.3 Å². The predicted molar refractivity (Wildman–Crippen MR) is 143 cm³/mol. The first-order valence-corrected chi connectivity index (χ1v) is 12.2. The van der Waals surface area contributed by atoms with E-state index in [9.17, 15) is 9.90 Å². The number of aryl methyl sites for hydroxylation is 1. The number of aliphatic carboxylic acids is 1. The van der Waals surface area contributed by atoms with Gasteiger partial charge in [0.2, 0.25) is 0 Å². The molecule has 0 aliphatic carbocycles. The van der Waals surface area contributed by atoms with Gasteiger partial charge in [-0.3, -0.25) is 4.79 Å². The van der Waals surface area contributed by atoms with Gasteiger partial charge >= 0.3 is 5.97 Å². The second kappa shape index (κ2) is 8.70. The largest absolute Gasteiger partial charge is 0.481 e. The Labute approximate surface area is 206 Å². The van der Waals surface area contributed by atoms with Crippen LogP contribution < -0.4 is 11.5 Å². The highest BCUT2D eigenvalue weighted by atomic mass is 35.5. The molecular formula is C27H24ClN3O2S. The number of aromatic nitrogens is 1. The summed E-state index contributed by atoms with van der Waals surface area (Å²) in [6.45, 7) is 2.78. The van der Waals surface area contributed by atoms with Crippen molar-refractivity contribution in [2.75, 3.05) is 11.5 Å². The van der Waals surface area contributed by atoms with Crippen molar-refractivity contribution in [2.45, 2.75) is 26.3 Å². The van der Waals surface area contributed by atoms with Crippen LogP contribution in [0.15, 0.2) is 60.8 Å². The number of carboxylic acid groups (broad SMARTS) is 1. The zero-order chi connectivity index (χ0) is 24.0. The number of carboxylic acids is 1. The van der Waals surface area contributed by atoms with Gasteiger partial charge in [-0.25, -0.2) is 0 Å². The molecule has 5 N–H and O–H groups in total. The minimum Gasteiger partial charge on any atom is -0.481 e. The van der Waals surface area contributed by atoms with Crippen LogP contribution in [0.4, 0.5) is 11.4 Å². The number of hydrogen-bond donors (Lipinski definition) is 3. The maximum absolute atomic E-state index is 11.6. The summed E-state index contributed by atoms with van der Waals surface area (Å²) >= 11 is 8.11. The number of nitrogens with two attached hydrogens (primary N) is 2. The topological polar surface area (TPSA) is 94.3 Å². The van der Waals surface area contributed by atoms with Crippen LogP contribution in [0, 0.1) is 0 Å². The Kier molecular flexibility index (Phi) is 5.71. The Balaban J connectivity index is 1.69. The molecule has 0 atom stereocenters. The van der Waals surface area contributed by atoms with Crippen molar-refractivity contribution in [1.29, 1.82) is 0 Å². The van der Waals surface area contributed by atoms with Crippen molar-refractivity contribution in [3.05, 3.63) is 81.8 Å². The van der Waals surface area contributed by atoms with Crippen molar-refractivity contribution in [3.63, 3.8) is 0 Å². The molecule has 0 spiro atoms. The smallest absolute Gasteiger partial charge is 0.307 e. The fraction of sp³-hybridized carbons (Fsp3) is 0.148. The minimum absolute atomic E-state index is 0.0368. The van der Waals surface area contributed by atoms with Crippen molar-refractivity contribution in [1.82, 2.24) is 4.57 Å². The van der Waals surface area contributed by atoms with E-state index >= 15 is 0 Å². The monoisotopic (exact) mass is 489 g/mol. The van der Waals surface area contributed by atoms with E-state index in [0.717, 1.165) is 39.4 Å². The maximum Gasteiger partial charge on any atom is 0.307 e. The number of nitrogen functional groups attached to an aromatic ring is 2. The van der Waals surface area contributed by atoms with E-state index in [-0.39, 0.29) is 6.42 Å². The highest BCUT2D eigenvalue weighted by molar-refractivity contribution is 7.19. The molecule has 5 rings (SSSR count). The number of hydrogen-bond acceptors (Lipinski definition) is 4. The van der Waals surface area contributed by atoms with Crippen LogP contribution in [-0.4, -0.2) is 15.6 Å². The lowest BCUT2D eigenvalue weighted by atomic mass is 10.0. The van der Waals surface area contributed by atoms with Crippen molar-refractivity contribution in [3.8, 4) is 11.1 Å². The second-order valence-electron chi connectivity index (χ2n) is 8.47. The molecule has 0 amide bonds. The molecule has 0 saturated heterocycles. The zero-order valence-corrected chi connectivity index (χ0v) is 20.2. The molecule has 0 bridgehead atoms. The fourth-order valence-electron chi connectivity index (χ4n) is 4.63. The van der Waals surface area contributed by atoms with E-state index in [0.29, 0.717) is 22.9 Å². The number of anilines is 2. The van der Waals surface area contributed by atoms with Crippen LogP contribution in [0.2, 0.25) is 5.02 Å². The van der Waals surface area contributed by atoms with Gasteiger partial charge < -0.3 is 21.1 Å². The number of halogens is 1. The van der Waals surface area contributed by atoms with Crippen LogP contribution in [-0.2, 0) is 24.2 Å². The van der Waals surface area contributed by atoms with Gasteiger partial charge in [-0.1, -0.05) is 30.7 Å². The second-order valence-corrected chi connectivity index (χ2v) is 10.0. The van der Waals surface area contributed by atoms with E-state index in [4.69, 9.17) is 23.1 Å². The Bertz CT molecular complexity index is 1550. The first-order valence-electron chi connectivity index (χ1n) is 11.0. The summed E-state index contributed by atoms with van der Waals surface area (Å²) in [4.78, 5) is 12.9. The quantitative estimate of drug-likeness (QED) is 0.235. The third-order valence-corrected chi connectivity index (χ3v) is 7.70. The van der Waals surface area contributed by atoms with Crippen LogP contribution in [0.5, 0.6) is 0 Å². The van der Waals surface area contributed by atoms with E-state index in [2.05, 4.69) is 23.6 Å². The Morgan fingerprint density at radius 1 is 1.00 bits per heavy atom. The molecule has 2 aromatic heterocycles. The first kappa shape index (κ1) is 22.3.